The Morgan fingerprint density at radius 2 is 2.89 bits per heavy atom. The van der Waals surface area contributed by atoms with Crippen molar-refractivity contribution in [3.8, 4) is 5.40 Å². The van der Waals surface area contributed by atoms with Crippen LogP contribution in [0.5, 0.6) is 0 Å². The highest BCUT2D eigenvalue weighted by atomic mass is 32.2. The van der Waals surface area contributed by atoms with Crippen LogP contribution in [0.25, 0.3) is 0 Å². The van der Waals surface area contributed by atoms with Crippen molar-refractivity contribution in [3.63, 3.8) is 0 Å². The molecule has 2 nitrogen and oxygen atoms in total. The van der Waals surface area contributed by atoms with Crippen LogP contribution in [0.1, 0.15) is 7.13 Å². The Hall–Kier alpha value is -0.880. The first-order valence-corrected chi connectivity index (χ1v) is 3.37. The minimum absolute atomic E-state index is 0.147. The summed E-state index contributed by atoms with van der Waals surface area (Å²) in [4.78, 5) is 0. The number of furan rings is 1. The van der Waals surface area contributed by atoms with Crippen LogP contribution in [0.3, 0.4) is 0 Å². The van der Waals surface area contributed by atoms with Gasteiger partial charge in [-0.3, -0.25) is 0 Å². The zero-order chi connectivity index (χ0) is 7.40. The Morgan fingerprint density at radius 3 is 3.44 bits per heavy atom. The maximum absolute atomic E-state index is 8.16. The average molecular weight is 140 g/mol. The number of nitrogens with zero attached hydrogens (tertiary/aromatic N) is 1. The number of nitriles is 1. The van der Waals surface area contributed by atoms with E-state index in [1.165, 1.54) is 0 Å². The smallest absolute Gasteiger partial charge is 0.133 e. The fraction of sp³-hybridized carbons (Fsp3) is 0.167. The van der Waals surface area contributed by atoms with Crippen molar-refractivity contribution < 1.29 is 5.79 Å². The summed E-state index contributed by atoms with van der Waals surface area (Å²) in [6.45, 7) is 0. The Kier molecular flexibility index (Phi) is 1.76. The van der Waals surface area contributed by atoms with Crippen LogP contribution >= 0.6 is 11.8 Å². The minimum atomic E-state index is 0.147. The summed E-state index contributed by atoms with van der Waals surface area (Å²) < 4.78 is 11.9. The lowest BCUT2D eigenvalue weighted by molar-refractivity contribution is 0.530. The van der Waals surface area contributed by atoms with Gasteiger partial charge in [-0.2, -0.15) is 5.26 Å². The molecule has 1 aromatic rings. The monoisotopic (exact) mass is 140 g/mol. The fourth-order valence-electron chi connectivity index (χ4n) is 0.452. The summed E-state index contributed by atoms with van der Waals surface area (Å²) in [5, 5.41) is 10.1. The molecule has 0 amide bonds. The van der Waals surface area contributed by atoms with Crippen LogP contribution in [0.2, 0.25) is 0 Å². The normalized spacial score (nSPS) is 10.3. The summed E-state index contributed by atoms with van der Waals surface area (Å²) in [6, 6.07) is 3.26. The average Bonchev–Trinajstić information content (AvgIpc) is 2.31. The predicted molar refractivity (Wildman–Crippen MR) is 35.6 cm³/mol. The van der Waals surface area contributed by atoms with Gasteiger partial charge in [0.1, 0.15) is 12.5 Å². The molecule has 0 aromatic carbocycles. The van der Waals surface area contributed by atoms with Crippen LogP contribution in [-0.4, -0.2) is 0 Å². The van der Waals surface area contributed by atoms with Gasteiger partial charge >= 0.3 is 0 Å². The molecule has 0 saturated carbocycles. The third kappa shape index (κ3) is 1.82. The molecule has 0 radical (unpaired) electrons. The van der Waals surface area contributed by atoms with Crippen molar-refractivity contribution in [2.24, 2.45) is 0 Å². The van der Waals surface area contributed by atoms with Gasteiger partial charge in [0.2, 0.25) is 0 Å². The maximum atomic E-state index is 8.16. The van der Waals surface area contributed by atoms with E-state index in [0.29, 0.717) is 11.5 Å². The number of hydrogen-bond donors (Lipinski definition) is 0. The zero-order valence-electron chi connectivity index (χ0n) is 5.63. The van der Waals surface area contributed by atoms with Crippen LogP contribution in [0.15, 0.2) is 22.8 Å². The topological polar surface area (TPSA) is 36.9 Å². The van der Waals surface area contributed by atoms with E-state index < -0.39 is 0 Å². The summed E-state index contributed by atoms with van der Waals surface area (Å²) >= 11 is 1.10. The molecule has 9 heavy (non-hydrogen) atoms. The zero-order valence-corrected chi connectivity index (χ0v) is 5.44. The summed E-state index contributed by atoms with van der Waals surface area (Å²) in [5.41, 5.74) is 0. The van der Waals surface area contributed by atoms with E-state index in [0.717, 1.165) is 11.8 Å². The molecule has 0 aliphatic carbocycles. The highest BCUT2D eigenvalue weighted by Crippen LogP contribution is 2.09. The molecule has 0 unspecified atom stereocenters. The highest BCUT2D eigenvalue weighted by molar-refractivity contribution is 8.02. The second-order valence-corrected chi connectivity index (χ2v) is 2.16. The Bertz CT molecular complexity index is 252. The molecule has 0 aliphatic rings. The Morgan fingerprint density at radius 1 is 2.00 bits per heavy atom. The highest BCUT2D eigenvalue weighted by Gasteiger charge is 1.92. The van der Waals surface area contributed by atoms with Gasteiger partial charge in [0.15, 0.2) is 0 Å². The van der Waals surface area contributed by atoms with E-state index in [-0.39, 0.29) is 6.24 Å². The van der Waals surface area contributed by atoms with Gasteiger partial charge in [-0.25, -0.2) is 0 Å². The molecule has 0 saturated heterocycles. The largest absolute Gasteiger partial charge is 0.468 e. The fourth-order valence-corrected chi connectivity index (χ4v) is 0.814. The van der Waals surface area contributed by atoms with Gasteiger partial charge in [-0.05, 0) is 23.9 Å². The van der Waals surface area contributed by atoms with Gasteiger partial charge in [0.25, 0.3) is 0 Å². The van der Waals surface area contributed by atoms with Gasteiger partial charge in [0.05, 0.1) is 12.0 Å². The molecule has 1 heterocycles. The molecule has 46 valence electrons. The molecule has 0 bridgehead atoms. The molecular weight excluding hydrogens is 134 g/mol. The molecule has 0 fully saturated rings. The quantitative estimate of drug-likeness (QED) is 0.589. The third-order valence-corrected chi connectivity index (χ3v) is 1.36. The van der Waals surface area contributed by atoms with Crippen LogP contribution < -0.4 is 0 Å². The van der Waals surface area contributed by atoms with Crippen LogP contribution in [0.4, 0.5) is 0 Å². The number of thiocyanates is 1. The van der Waals surface area contributed by atoms with Crippen molar-refractivity contribution in [3.05, 3.63) is 24.1 Å². The number of thioether (sulfide) groups is 1. The minimum Gasteiger partial charge on any atom is -0.468 e. The molecule has 0 aliphatic heterocycles. The first-order chi connectivity index (χ1) is 4.83. The van der Waals surface area contributed by atoms with Crippen LogP contribution in [-0.2, 0) is 5.75 Å². The molecule has 0 atom stereocenters. The Balaban J connectivity index is 2.52. The maximum Gasteiger partial charge on any atom is 0.133 e. The Labute approximate surface area is 58.9 Å². The summed E-state index contributed by atoms with van der Waals surface area (Å²) in [7, 11) is 0. The van der Waals surface area contributed by atoms with E-state index >= 15 is 0 Å². The van der Waals surface area contributed by atoms with Gasteiger partial charge in [0, 0.05) is 0 Å². The van der Waals surface area contributed by atoms with E-state index in [2.05, 4.69) is 0 Å². The predicted octanol–water partition coefficient (Wildman–Crippen LogP) is 1.99. The molecule has 1 aromatic heterocycles. The number of rotatable bonds is 2. The second kappa shape index (κ2) is 3.21. The van der Waals surface area contributed by atoms with Gasteiger partial charge in [-0.15, -0.1) is 0 Å². The lowest BCUT2D eigenvalue weighted by Gasteiger charge is -1.83. The SMILES string of the molecule is [2H]c1ccc(CSC#N)o1. The van der Waals surface area contributed by atoms with Crippen molar-refractivity contribution in [1.82, 2.24) is 0 Å². The van der Waals surface area contributed by atoms with Crippen molar-refractivity contribution >= 4 is 11.8 Å². The molecular formula is C6H5NOS. The van der Waals surface area contributed by atoms with E-state index in [4.69, 9.17) is 11.0 Å². The first kappa shape index (κ1) is 4.95. The third-order valence-electron chi connectivity index (χ3n) is 0.806. The molecule has 3 heteroatoms. The number of hydrogen-bond acceptors (Lipinski definition) is 3. The lowest BCUT2D eigenvalue weighted by Crippen LogP contribution is -1.68. The van der Waals surface area contributed by atoms with Gasteiger partial charge < -0.3 is 4.42 Å². The van der Waals surface area contributed by atoms with E-state index in [1.807, 2.05) is 5.40 Å². The van der Waals surface area contributed by atoms with Gasteiger partial charge in [-0.1, -0.05) is 0 Å². The van der Waals surface area contributed by atoms with Crippen molar-refractivity contribution in [1.29, 1.82) is 5.26 Å². The van der Waals surface area contributed by atoms with E-state index in [9.17, 15) is 0 Å². The van der Waals surface area contributed by atoms with Crippen LogP contribution in [0, 0.1) is 10.7 Å². The lowest BCUT2D eigenvalue weighted by atomic mass is 10.5. The van der Waals surface area contributed by atoms with Crippen molar-refractivity contribution in [2.75, 3.05) is 0 Å². The summed E-state index contributed by atoms with van der Waals surface area (Å²) in [5.74, 6) is 1.20. The summed E-state index contributed by atoms with van der Waals surface area (Å²) in [6.07, 6.45) is 0.147. The van der Waals surface area contributed by atoms with Crippen molar-refractivity contribution in [2.45, 2.75) is 5.75 Å². The molecule has 0 N–H and O–H groups in total. The van der Waals surface area contributed by atoms with E-state index in [1.54, 1.807) is 12.1 Å². The first-order valence-electron chi connectivity index (χ1n) is 2.89. The molecule has 0 spiro atoms. The molecule has 1 rings (SSSR count). The standard InChI is InChI=1S/C6H5NOS/c7-5-9-4-6-2-1-3-8-6/h1-3H,4H2/i3D. The second-order valence-electron chi connectivity index (χ2n) is 1.40.